The van der Waals surface area contributed by atoms with Crippen LogP contribution in [0, 0.1) is 11.3 Å². The zero-order valence-corrected chi connectivity index (χ0v) is 8.23. The Morgan fingerprint density at radius 2 is 2.08 bits per heavy atom. The summed E-state index contributed by atoms with van der Waals surface area (Å²) in [4.78, 5) is 0. The molecule has 0 N–H and O–H groups in total. The van der Waals surface area contributed by atoms with Crippen molar-refractivity contribution in [1.29, 1.82) is 0 Å². The number of halogens is 1. The van der Waals surface area contributed by atoms with E-state index in [2.05, 4.69) is 20.8 Å². The molecule has 2 atom stereocenters. The molecule has 1 fully saturated rings. The molecule has 1 aliphatic carbocycles. The Morgan fingerprint density at radius 1 is 1.58 bits per heavy atom. The van der Waals surface area contributed by atoms with Crippen LogP contribution in [0.5, 0.6) is 0 Å². The molecule has 0 saturated heterocycles. The quantitative estimate of drug-likeness (QED) is 0.594. The maximum absolute atomic E-state index is 12.8. The van der Waals surface area contributed by atoms with Gasteiger partial charge in [-0.2, -0.15) is 4.39 Å². The normalized spacial score (nSPS) is 33.2. The second-order valence-corrected chi connectivity index (χ2v) is 4.06. The van der Waals surface area contributed by atoms with Crippen LogP contribution in [0.25, 0.3) is 0 Å². The standard InChI is InChI=1S/C10H17FO/c1-5-6-8(11)12-9-7(2)10(9,3)4/h6-7,9H,5H2,1-4H3/b8-6-. The summed E-state index contributed by atoms with van der Waals surface area (Å²) < 4.78 is 18.0. The van der Waals surface area contributed by atoms with Gasteiger partial charge in [-0.25, -0.2) is 0 Å². The lowest BCUT2D eigenvalue weighted by Gasteiger charge is -2.03. The SMILES string of the molecule is CC/C=C(/F)OC1C(C)C1(C)C. The second-order valence-electron chi connectivity index (χ2n) is 4.06. The Hall–Kier alpha value is -0.530. The van der Waals surface area contributed by atoms with Gasteiger partial charge in [0.2, 0.25) is 0 Å². The first-order valence-corrected chi connectivity index (χ1v) is 4.52. The van der Waals surface area contributed by atoms with Gasteiger partial charge in [0.05, 0.1) is 0 Å². The average Bonchev–Trinajstić information content (AvgIpc) is 2.40. The van der Waals surface area contributed by atoms with E-state index in [0.717, 1.165) is 0 Å². The molecule has 0 amide bonds. The van der Waals surface area contributed by atoms with Crippen LogP contribution >= 0.6 is 0 Å². The lowest BCUT2D eigenvalue weighted by Crippen LogP contribution is -1.99. The molecule has 2 unspecified atom stereocenters. The van der Waals surface area contributed by atoms with Crippen LogP contribution in [0.4, 0.5) is 4.39 Å². The van der Waals surface area contributed by atoms with E-state index < -0.39 is 6.01 Å². The molecule has 0 aromatic heterocycles. The van der Waals surface area contributed by atoms with Crippen molar-refractivity contribution in [1.82, 2.24) is 0 Å². The number of hydrogen-bond donors (Lipinski definition) is 0. The zero-order valence-electron chi connectivity index (χ0n) is 8.23. The predicted octanol–water partition coefficient (Wildman–Crippen LogP) is 3.27. The van der Waals surface area contributed by atoms with Crippen molar-refractivity contribution in [2.24, 2.45) is 11.3 Å². The molecule has 0 aliphatic heterocycles. The van der Waals surface area contributed by atoms with E-state index >= 15 is 0 Å². The molecule has 12 heavy (non-hydrogen) atoms. The number of allylic oxidation sites excluding steroid dienone is 1. The molecule has 1 nitrogen and oxygen atoms in total. The number of ether oxygens (including phenoxy) is 1. The summed E-state index contributed by atoms with van der Waals surface area (Å²) in [6.45, 7) is 8.18. The largest absolute Gasteiger partial charge is 0.467 e. The summed E-state index contributed by atoms with van der Waals surface area (Å²) >= 11 is 0. The molecule has 0 spiro atoms. The lowest BCUT2D eigenvalue weighted by molar-refractivity contribution is 0.105. The van der Waals surface area contributed by atoms with E-state index in [9.17, 15) is 4.39 Å². The summed E-state index contributed by atoms with van der Waals surface area (Å²) in [5.41, 5.74) is 0.152. The van der Waals surface area contributed by atoms with Gasteiger partial charge in [-0.05, 0) is 12.5 Å². The van der Waals surface area contributed by atoms with Crippen molar-refractivity contribution >= 4 is 0 Å². The van der Waals surface area contributed by atoms with Gasteiger partial charge < -0.3 is 4.74 Å². The van der Waals surface area contributed by atoms with E-state index in [4.69, 9.17) is 4.74 Å². The van der Waals surface area contributed by atoms with E-state index in [1.807, 2.05) is 6.92 Å². The van der Waals surface area contributed by atoms with Crippen LogP contribution in [-0.4, -0.2) is 6.10 Å². The smallest absolute Gasteiger partial charge is 0.268 e. The highest BCUT2D eigenvalue weighted by Gasteiger charge is 2.57. The lowest BCUT2D eigenvalue weighted by atomic mass is 10.1. The minimum absolute atomic E-state index is 0.0697. The van der Waals surface area contributed by atoms with Crippen molar-refractivity contribution in [2.45, 2.75) is 40.2 Å². The maximum Gasteiger partial charge on any atom is 0.268 e. The van der Waals surface area contributed by atoms with E-state index in [0.29, 0.717) is 12.3 Å². The van der Waals surface area contributed by atoms with Crippen molar-refractivity contribution < 1.29 is 9.13 Å². The molecule has 0 aromatic rings. The number of hydrogen-bond acceptors (Lipinski definition) is 1. The minimum atomic E-state index is -0.417. The number of rotatable bonds is 3. The third-order valence-electron chi connectivity index (χ3n) is 2.86. The van der Waals surface area contributed by atoms with Gasteiger partial charge >= 0.3 is 0 Å². The van der Waals surface area contributed by atoms with Crippen LogP contribution in [0.2, 0.25) is 0 Å². The van der Waals surface area contributed by atoms with Crippen molar-refractivity contribution in [3.05, 3.63) is 12.1 Å². The third-order valence-corrected chi connectivity index (χ3v) is 2.86. The molecule has 2 heteroatoms. The summed E-state index contributed by atoms with van der Waals surface area (Å²) in [6.07, 6.45) is 2.23. The molecule has 1 rings (SSSR count). The van der Waals surface area contributed by atoms with Gasteiger partial charge in [0.25, 0.3) is 6.01 Å². The highest BCUT2D eigenvalue weighted by atomic mass is 19.1. The Kier molecular flexibility index (Phi) is 2.45. The third kappa shape index (κ3) is 1.62. The van der Waals surface area contributed by atoms with Gasteiger partial charge in [-0.15, -0.1) is 0 Å². The van der Waals surface area contributed by atoms with Crippen molar-refractivity contribution in [2.75, 3.05) is 0 Å². The first-order chi connectivity index (χ1) is 5.50. The van der Waals surface area contributed by atoms with E-state index in [1.165, 1.54) is 6.08 Å². The monoisotopic (exact) mass is 172 g/mol. The van der Waals surface area contributed by atoms with Crippen LogP contribution < -0.4 is 0 Å². The maximum atomic E-state index is 12.8. The highest BCUT2D eigenvalue weighted by Crippen LogP contribution is 2.54. The summed E-state index contributed by atoms with van der Waals surface area (Å²) in [6, 6.07) is -0.417. The van der Waals surface area contributed by atoms with Crippen molar-refractivity contribution in [3.8, 4) is 0 Å². The van der Waals surface area contributed by atoms with Crippen molar-refractivity contribution in [3.63, 3.8) is 0 Å². The van der Waals surface area contributed by atoms with E-state index in [-0.39, 0.29) is 11.5 Å². The van der Waals surface area contributed by atoms with Crippen LogP contribution in [0.15, 0.2) is 12.1 Å². The summed E-state index contributed by atoms with van der Waals surface area (Å²) in [5.74, 6) is 0.466. The Morgan fingerprint density at radius 3 is 2.42 bits per heavy atom. The van der Waals surface area contributed by atoms with Gasteiger partial charge in [0, 0.05) is 11.3 Å². The fourth-order valence-corrected chi connectivity index (χ4v) is 1.42. The molecular weight excluding hydrogens is 155 g/mol. The highest BCUT2D eigenvalue weighted by molar-refractivity contribution is 5.06. The first kappa shape index (κ1) is 9.56. The van der Waals surface area contributed by atoms with Gasteiger partial charge in [-0.1, -0.05) is 27.7 Å². The van der Waals surface area contributed by atoms with Crippen LogP contribution in [-0.2, 0) is 4.74 Å². The molecule has 70 valence electrons. The molecule has 1 aliphatic rings. The molecule has 0 radical (unpaired) electrons. The van der Waals surface area contributed by atoms with Crippen LogP contribution in [0.3, 0.4) is 0 Å². The predicted molar refractivity (Wildman–Crippen MR) is 47.3 cm³/mol. The molecular formula is C10H17FO. The molecule has 0 aromatic carbocycles. The second kappa shape index (κ2) is 3.08. The summed E-state index contributed by atoms with van der Waals surface area (Å²) in [7, 11) is 0. The van der Waals surface area contributed by atoms with Gasteiger partial charge in [0.15, 0.2) is 0 Å². The topological polar surface area (TPSA) is 9.23 Å². The van der Waals surface area contributed by atoms with Gasteiger partial charge in [0.1, 0.15) is 6.10 Å². The Labute approximate surface area is 73.6 Å². The minimum Gasteiger partial charge on any atom is -0.467 e. The molecule has 0 heterocycles. The van der Waals surface area contributed by atoms with Crippen LogP contribution in [0.1, 0.15) is 34.1 Å². The Bertz CT molecular complexity index is 196. The zero-order chi connectivity index (χ0) is 9.35. The fourth-order valence-electron chi connectivity index (χ4n) is 1.42. The Balaban J connectivity index is 2.41. The van der Waals surface area contributed by atoms with Gasteiger partial charge in [-0.3, -0.25) is 0 Å². The fraction of sp³-hybridized carbons (Fsp3) is 0.800. The molecule has 0 bridgehead atoms. The first-order valence-electron chi connectivity index (χ1n) is 4.52. The van der Waals surface area contributed by atoms with E-state index in [1.54, 1.807) is 0 Å². The summed E-state index contributed by atoms with van der Waals surface area (Å²) in [5, 5.41) is 0. The average molecular weight is 172 g/mol. The molecule has 1 saturated carbocycles.